The van der Waals surface area contributed by atoms with E-state index in [-0.39, 0.29) is 0 Å². The molecule has 0 unspecified atom stereocenters. The van der Waals surface area contributed by atoms with E-state index in [1.54, 1.807) is 4.68 Å². The molecule has 2 rings (SSSR count). The predicted molar refractivity (Wildman–Crippen MR) is 64.2 cm³/mol. The second-order valence-corrected chi connectivity index (χ2v) is 4.18. The van der Waals surface area contributed by atoms with Gasteiger partial charge in [-0.25, -0.2) is 0 Å². The molecule has 1 aromatic carbocycles. The molecule has 0 bridgehead atoms. The molecule has 0 saturated heterocycles. The number of hydrogen-bond acceptors (Lipinski definition) is 4. The van der Waals surface area contributed by atoms with Crippen LogP contribution in [0.1, 0.15) is 12.7 Å². The summed E-state index contributed by atoms with van der Waals surface area (Å²) in [6.07, 6.45) is 0. The highest BCUT2D eigenvalue weighted by atomic mass is 79.9. The Morgan fingerprint density at radius 3 is 2.75 bits per heavy atom. The van der Waals surface area contributed by atoms with Crippen molar-refractivity contribution >= 4 is 15.9 Å². The number of rotatable bonds is 4. The number of nitrogens with one attached hydrogen (secondary N) is 1. The average molecular weight is 282 g/mol. The molecule has 1 N–H and O–H groups in total. The zero-order valence-electron chi connectivity index (χ0n) is 8.89. The summed E-state index contributed by atoms with van der Waals surface area (Å²) in [7, 11) is 0. The molecule has 1 heterocycles. The lowest BCUT2D eigenvalue weighted by molar-refractivity contribution is 0.664. The first kappa shape index (κ1) is 11.2. The fourth-order valence-electron chi connectivity index (χ4n) is 1.34. The molecule has 0 aliphatic heterocycles. The van der Waals surface area contributed by atoms with Crippen molar-refractivity contribution in [2.45, 2.75) is 13.5 Å². The first-order valence-electron chi connectivity index (χ1n) is 5.05. The summed E-state index contributed by atoms with van der Waals surface area (Å²) in [4.78, 5) is 0. The van der Waals surface area contributed by atoms with E-state index in [4.69, 9.17) is 0 Å². The Kier molecular flexibility index (Phi) is 3.63. The summed E-state index contributed by atoms with van der Waals surface area (Å²) in [5.41, 5.74) is 0.959. The van der Waals surface area contributed by atoms with Crippen molar-refractivity contribution in [1.29, 1.82) is 0 Å². The molecule has 16 heavy (non-hydrogen) atoms. The van der Waals surface area contributed by atoms with E-state index in [1.807, 2.05) is 31.2 Å². The van der Waals surface area contributed by atoms with Gasteiger partial charge in [0.15, 0.2) is 5.82 Å². The first-order chi connectivity index (χ1) is 7.81. The van der Waals surface area contributed by atoms with Crippen LogP contribution in [0.3, 0.4) is 0 Å². The molecule has 0 aliphatic carbocycles. The topological polar surface area (TPSA) is 55.6 Å². The number of nitrogens with zero attached hydrogens (tertiary/aromatic N) is 4. The van der Waals surface area contributed by atoms with E-state index in [1.165, 1.54) is 0 Å². The zero-order valence-corrected chi connectivity index (χ0v) is 10.5. The monoisotopic (exact) mass is 281 g/mol. The number of halogens is 1. The molecule has 0 fully saturated rings. The van der Waals surface area contributed by atoms with Crippen LogP contribution >= 0.6 is 15.9 Å². The Morgan fingerprint density at radius 1 is 1.31 bits per heavy atom. The van der Waals surface area contributed by atoms with E-state index < -0.39 is 0 Å². The minimum atomic E-state index is 0.666. The second kappa shape index (κ2) is 5.18. The van der Waals surface area contributed by atoms with Crippen LogP contribution in [0.4, 0.5) is 0 Å². The van der Waals surface area contributed by atoms with Crippen molar-refractivity contribution in [2.75, 3.05) is 6.54 Å². The molecule has 6 heteroatoms. The SMILES string of the molecule is CCNCc1nnnn1-c1ccc(Br)cc1. The third-order valence-electron chi connectivity index (χ3n) is 2.14. The molecule has 0 atom stereocenters. The van der Waals surface area contributed by atoms with Crippen LogP contribution in [0.5, 0.6) is 0 Å². The van der Waals surface area contributed by atoms with Gasteiger partial charge >= 0.3 is 0 Å². The molecule has 1 aromatic heterocycles. The molecule has 5 nitrogen and oxygen atoms in total. The second-order valence-electron chi connectivity index (χ2n) is 3.26. The van der Waals surface area contributed by atoms with Crippen molar-refractivity contribution in [3.63, 3.8) is 0 Å². The maximum atomic E-state index is 3.98. The fraction of sp³-hybridized carbons (Fsp3) is 0.300. The Bertz CT molecular complexity index is 450. The van der Waals surface area contributed by atoms with E-state index in [0.717, 1.165) is 22.5 Å². The highest BCUT2D eigenvalue weighted by molar-refractivity contribution is 9.10. The highest BCUT2D eigenvalue weighted by Crippen LogP contribution is 2.13. The van der Waals surface area contributed by atoms with Gasteiger partial charge in [0.2, 0.25) is 0 Å². The number of aromatic nitrogens is 4. The van der Waals surface area contributed by atoms with Crippen molar-refractivity contribution < 1.29 is 0 Å². The quantitative estimate of drug-likeness (QED) is 0.924. The Morgan fingerprint density at radius 2 is 2.06 bits per heavy atom. The molecule has 2 aromatic rings. The van der Waals surface area contributed by atoms with Crippen LogP contribution in [-0.4, -0.2) is 26.8 Å². The van der Waals surface area contributed by atoms with Gasteiger partial charge in [0.25, 0.3) is 0 Å². The molecule has 84 valence electrons. The summed E-state index contributed by atoms with van der Waals surface area (Å²) in [5, 5.41) is 14.8. The Balaban J connectivity index is 2.26. The third kappa shape index (κ3) is 2.45. The van der Waals surface area contributed by atoms with E-state index in [0.29, 0.717) is 6.54 Å². The molecule has 0 spiro atoms. The van der Waals surface area contributed by atoms with Crippen molar-refractivity contribution in [1.82, 2.24) is 25.5 Å². The number of hydrogen-bond donors (Lipinski definition) is 1. The zero-order chi connectivity index (χ0) is 11.4. The molecular weight excluding hydrogens is 270 g/mol. The summed E-state index contributed by atoms with van der Waals surface area (Å²) < 4.78 is 2.77. The van der Waals surface area contributed by atoms with Crippen LogP contribution in [0.25, 0.3) is 5.69 Å². The van der Waals surface area contributed by atoms with Gasteiger partial charge in [-0.15, -0.1) is 5.10 Å². The number of tetrazole rings is 1. The van der Waals surface area contributed by atoms with Crippen LogP contribution in [0, 0.1) is 0 Å². The van der Waals surface area contributed by atoms with Crippen molar-refractivity contribution in [2.24, 2.45) is 0 Å². The Labute approximate surface area is 102 Å². The van der Waals surface area contributed by atoms with Gasteiger partial charge in [0.05, 0.1) is 12.2 Å². The van der Waals surface area contributed by atoms with Crippen LogP contribution in [0.15, 0.2) is 28.7 Å². The standard InChI is InChI=1S/C10H12BrN5/c1-2-12-7-10-13-14-15-16(10)9-5-3-8(11)4-6-9/h3-6,12H,2,7H2,1H3. The lowest BCUT2D eigenvalue weighted by Crippen LogP contribution is -2.16. The first-order valence-corrected chi connectivity index (χ1v) is 5.84. The van der Waals surface area contributed by atoms with Gasteiger partial charge in [-0.2, -0.15) is 4.68 Å². The highest BCUT2D eigenvalue weighted by Gasteiger charge is 2.06. The van der Waals surface area contributed by atoms with Gasteiger partial charge in [-0.3, -0.25) is 0 Å². The summed E-state index contributed by atoms with van der Waals surface area (Å²) >= 11 is 3.40. The molecule has 0 radical (unpaired) electrons. The van der Waals surface area contributed by atoms with E-state index in [2.05, 4.69) is 36.8 Å². The van der Waals surface area contributed by atoms with Crippen LogP contribution in [-0.2, 0) is 6.54 Å². The van der Waals surface area contributed by atoms with Crippen molar-refractivity contribution in [3.05, 3.63) is 34.6 Å². The maximum absolute atomic E-state index is 3.98. The summed E-state index contributed by atoms with van der Waals surface area (Å²) in [5.74, 6) is 0.809. The smallest absolute Gasteiger partial charge is 0.170 e. The van der Waals surface area contributed by atoms with Crippen molar-refractivity contribution in [3.8, 4) is 5.69 Å². The van der Waals surface area contributed by atoms with Gasteiger partial charge < -0.3 is 5.32 Å². The van der Waals surface area contributed by atoms with Gasteiger partial charge in [0.1, 0.15) is 0 Å². The molecule has 0 aliphatic rings. The molecular formula is C10H12BrN5. The van der Waals surface area contributed by atoms with E-state index in [9.17, 15) is 0 Å². The van der Waals surface area contributed by atoms with Crippen LogP contribution < -0.4 is 5.32 Å². The predicted octanol–water partition coefficient (Wildman–Crippen LogP) is 1.53. The maximum Gasteiger partial charge on any atom is 0.170 e. The molecule has 0 saturated carbocycles. The number of benzene rings is 1. The molecule has 0 amide bonds. The summed E-state index contributed by atoms with van der Waals surface area (Å²) in [6, 6.07) is 7.87. The fourth-order valence-corrected chi connectivity index (χ4v) is 1.60. The third-order valence-corrected chi connectivity index (χ3v) is 2.67. The van der Waals surface area contributed by atoms with Gasteiger partial charge in [0, 0.05) is 4.47 Å². The lowest BCUT2D eigenvalue weighted by atomic mass is 10.3. The minimum Gasteiger partial charge on any atom is -0.310 e. The van der Waals surface area contributed by atoms with Gasteiger partial charge in [-0.05, 0) is 41.2 Å². The average Bonchev–Trinajstić information content (AvgIpc) is 2.75. The normalized spacial score (nSPS) is 10.6. The minimum absolute atomic E-state index is 0.666. The lowest BCUT2D eigenvalue weighted by Gasteiger charge is -2.04. The summed E-state index contributed by atoms with van der Waals surface area (Å²) in [6.45, 7) is 3.61. The van der Waals surface area contributed by atoms with E-state index >= 15 is 0 Å². The largest absolute Gasteiger partial charge is 0.310 e. The van der Waals surface area contributed by atoms with Crippen LogP contribution in [0.2, 0.25) is 0 Å². The van der Waals surface area contributed by atoms with Gasteiger partial charge in [-0.1, -0.05) is 22.9 Å². The Hall–Kier alpha value is -1.27.